The molecule has 9 rings (SSSR count). The Balaban J connectivity index is 1.13. The maximum absolute atomic E-state index is 12.9. The largest absolute Gasteiger partial charge is 0.392 e. The molecule has 0 radical (unpaired) electrons. The number of nitrogens with one attached hydrogen (secondary N) is 2. The number of rotatable bonds is 2. The minimum absolute atomic E-state index is 0.102. The second kappa shape index (κ2) is 7.82. The van der Waals surface area contributed by atoms with Crippen molar-refractivity contribution in [2.45, 2.75) is 74.9 Å². The van der Waals surface area contributed by atoms with Crippen molar-refractivity contribution < 1.29 is 19.8 Å². The van der Waals surface area contributed by atoms with Gasteiger partial charge in [0.15, 0.2) is 0 Å². The van der Waals surface area contributed by atoms with Gasteiger partial charge in [0.1, 0.15) is 11.3 Å². The van der Waals surface area contributed by atoms with Gasteiger partial charge in [-0.1, -0.05) is 36.4 Å². The molecule has 8 heteroatoms. The smallest absolute Gasteiger partial charge is 0.229 e. The Morgan fingerprint density at radius 3 is 1.52 bits per heavy atom. The van der Waals surface area contributed by atoms with Gasteiger partial charge in [0.2, 0.25) is 11.8 Å². The lowest BCUT2D eigenvalue weighted by molar-refractivity contribution is -0.118. The number of amides is 2. The van der Waals surface area contributed by atoms with Crippen LogP contribution in [0.15, 0.2) is 60.7 Å². The summed E-state index contributed by atoms with van der Waals surface area (Å²) in [5, 5.41) is 34.4. The second-order valence-electron chi connectivity index (χ2n) is 13.1. The lowest BCUT2D eigenvalue weighted by atomic mass is 9.62. The van der Waals surface area contributed by atoms with E-state index in [4.69, 9.17) is 0 Å². The zero-order chi connectivity index (χ0) is 28.7. The van der Waals surface area contributed by atoms with Crippen molar-refractivity contribution in [1.29, 1.82) is 0 Å². The van der Waals surface area contributed by atoms with E-state index in [2.05, 4.69) is 24.5 Å². The zero-order valence-electron chi connectivity index (χ0n) is 23.5. The number of hydrogen-bond donors (Lipinski definition) is 4. The first kappa shape index (κ1) is 24.5. The van der Waals surface area contributed by atoms with Crippen LogP contribution < -0.4 is 20.4 Å². The van der Waals surface area contributed by atoms with Crippen molar-refractivity contribution in [3.8, 4) is 0 Å². The fraction of sp³-hybridized carbons (Fsp3) is 0.353. The Morgan fingerprint density at radius 2 is 1.10 bits per heavy atom. The Bertz CT molecular complexity index is 1760. The first-order chi connectivity index (χ1) is 20.2. The third-order valence-corrected chi connectivity index (χ3v) is 10.7. The van der Waals surface area contributed by atoms with Gasteiger partial charge in [-0.05, 0) is 72.9 Å². The van der Waals surface area contributed by atoms with E-state index in [1.165, 1.54) is 0 Å². The van der Waals surface area contributed by atoms with Crippen molar-refractivity contribution in [2.75, 3.05) is 20.4 Å². The molecule has 212 valence electrons. The third-order valence-electron chi connectivity index (χ3n) is 10.7. The first-order valence-electron chi connectivity index (χ1n) is 14.9. The van der Waals surface area contributed by atoms with Gasteiger partial charge in [0, 0.05) is 46.8 Å². The van der Waals surface area contributed by atoms with Gasteiger partial charge in [0.05, 0.1) is 23.6 Å². The Kier molecular flexibility index (Phi) is 4.55. The molecule has 1 saturated carbocycles. The Morgan fingerprint density at radius 1 is 0.667 bits per heavy atom. The molecule has 1 aliphatic carbocycles. The Labute approximate surface area is 242 Å². The van der Waals surface area contributed by atoms with Gasteiger partial charge in [-0.3, -0.25) is 19.4 Å². The van der Waals surface area contributed by atoms with Crippen molar-refractivity contribution in [1.82, 2.24) is 0 Å². The van der Waals surface area contributed by atoms with Gasteiger partial charge in [0.25, 0.3) is 0 Å². The van der Waals surface area contributed by atoms with Crippen LogP contribution in [0.2, 0.25) is 0 Å². The van der Waals surface area contributed by atoms with Crippen LogP contribution in [0.5, 0.6) is 0 Å². The minimum atomic E-state index is -0.806. The van der Waals surface area contributed by atoms with Crippen LogP contribution in [-0.4, -0.2) is 45.6 Å². The molecule has 0 bridgehead atoms. The molecule has 0 aromatic heterocycles. The van der Waals surface area contributed by atoms with E-state index in [-0.39, 0.29) is 11.8 Å². The molecule has 2 amide bonds. The maximum Gasteiger partial charge on any atom is 0.229 e. The van der Waals surface area contributed by atoms with Gasteiger partial charge in [-0.2, -0.15) is 0 Å². The van der Waals surface area contributed by atoms with E-state index in [9.17, 15) is 19.8 Å². The minimum Gasteiger partial charge on any atom is -0.392 e. The SMILES string of the molecule is CC12CCC(=O)N1c1cccc3c(C4C(O)C(c5ccc6c7c(cccc57)N5C(=O)CCC5(C)N6)C4O)ccc(c13)N2. The van der Waals surface area contributed by atoms with Crippen LogP contribution in [0.1, 0.15) is 62.5 Å². The number of benzene rings is 4. The lowest BCUT2D eigenvalue weighted by Crippen LogP contribution is -2.53. The predicted octanol–water partition coefficient (Wildman–Crippen LogP) is 5.13. The van der Waals surface area contributed by atoms with Gasteiger partial charge < -0.3 is 20.8 Å². The number of anilines is 4. The van der Waals surface area contributed by atoms with E-state index in [0.717, 1.165) is 68.3 Å². The summed E-state index contributed by atoms with van der Waals surface area (Å²) in [4.78, 5) is 29.6. The number of nitrogens with zero attached hydrogens (tertiary/aromatic N) is 2. The molecule has 4 N–H and O–H groups in total. The highest BCUT2D eigenvalue weighted by Gasteiger charge is 2.53. The number of carbonyl (C=O) groups is 2. The lowest BCUT2D eigenvalue weighted by Gasteiger charge is -2.49. The number of carbonyl (C=O) groups excluding carboxylic acids is 2. The molecule has 2 saturated heterocycles. The van der Waals surface area contributed by atoms with E-state index >= 15 is 0 Å². The molecule has 0 spiro atoms. The van der Waals surface area contributed by atoms with Crippen LogP contribution in [0.3, 0.4) is 0 Å². The zero-order valence-corrected chi connectivity index (χ0v) is 23.5. The summed E-state index contributed by atoms with van der Waals surface area (Å²) in [5.41, 5.74) is 4.55. The summed E-state index contributed by atoms with van der Waals surface area (Å²) in [5.74, 6) is -0.750. The second-order valence-corrected chi connectivity index (χ2v) is 13.1. The molecule has 3 fully saturated rings. The highest BCUT2D eigenvalue weighted by molar-refractivity contribution is 6.15. The van der Waals surface area contributed by atoms with Crippen molar-refractivity contribution >= 4 is 56.1 Å². The summed E-state index contributed by atoms with van der Waals surface area (Å²) in [7, 11) is 0. The molecule has 2 atom stereocenters. The predicted molar refractivity (Wildman–Crippen MR) is 163 cm³/mol. The number of aliphatic hydroxyl groups is 2. The molecule has 5 aliphatic rings. The van der Waals surface area contributed by atoms with Gasteiger partial charge in [-0.25, -0.2) is 0 Å². The van der Waals surface area contributed by atoms with E-state index in [0.29, 0.717) is 12.8 Å². The highest BCUT2D eigenvalue weighted by atomic mass is 16.3. The topological polar surface area (TPSA) is 105 Å². The van der Waals surface area contributed by atoms with Crippen molar-refractivity contribution in [2.24, 2.45) is 0 Å². The summed E-state index contributed by atoms with van der Waals surface area (Å²) in [6.07, 6.45) is 0.856. The summed E-state index contributed by atoms with van der Waals surface area (Å²) < 4.78 is 0. The van der Waals surface area contributed by atoms with Crippen molar-refractivity contribution in [3.05, 3.63) is 71.8 Å². The van der Waals surface area contributed by atoms with Gasteiger partial charge >= 0.3 is 0 Å². The van der Waals surface area contributed by atoms with Gasteiger partial charge in [-0.15, -0.1) is 0 Å². The summed E-state index contributed by atoms with van der Waals surface area (Å²) in [6.45, 7) is 4.13. The average Bonchev–Trinajstić information content (AvgIpc) is 3.45. The summed E-state index contributed by atoms with van der Waals surface area (Å²) >= 11 is 0. The molecular weight excluding hydrogens is 528 g/mol. The molecule has 4 aromatic carbocycles. The molecular formula is C34H32N4O4. The Hall–Kier alpha value is -4.14. The molecule has 4 heterocycles. The average molecular weight is 561 g/mol. The number of hydrogen-bond acceptors (Lipinski definition) is 6. The van der Waals surface area contributed by atoms with Crippen LogP contribution in [0.25, 0.3) is 21.5 Å². The van der Waals surface area contributed by atoms with Crippen molar-refractivity contribution in [3.63, 3.8) is 0 Å². The monoisotopic (exact) mass is 560 g/mol. The normalized spacial score (nSPS) is 32.5. The highest BCUT2D eigenvalue weighted by Crippen LogP contribution is 2.55. The molecule has 8 nitrogen and oxygen atoms in total. The number of aliphatic hydroxyl groups excluding tert-OH is 2. The molecule has 4 aliphatic heterocycles. The van der Waals surface area contributed by atoms with Crippen LogP contribution >= 0.6 is 0 Å². The molecule has 2 unspecified atom stereocenters. The van der Waals surface area contributed by atoms with Crippen LogP contribution in [-0.2, 0) is 9.59 Å². The number of fused-ring (bicyclic) bond motifs is 4. The quantitative estimate of drug-likeness (QED) is 0.271. The van der Waals surface area contributed by atoms with Crippen LogP contribution in [0, 0.1) is 0 Å². The summed E-state index contributed by atoms with van der Waals surface area (Å²) in [6, 6.07) is 20.0. The third kappa shape index (κ3) is 2.84. The standard InChI is InChI=1S/C34H32N4O4/c1-33-15-13-25(39)37(33)23-7-3-5-17-19(9-11-21(35-33)27(17)23)29-31(41)30(32(29)42)20-10-12-22-28-18(20)6-4-8-24(28)38-26(40)14-16-34(38,2)36-22/h3-12,29-32,35-36,41-42H,13-16H2,1-2H3. The molecule has 4 aromatic rings. The van der Waals surface area contributed by atoms with E-state index in [1.54, 1.807) is 0 Å². The van der Waals surface area contributed by atoms with Crippen LogP contribution in [0.4, 0.5) is 22.7 Å². The maximum atomic E-state index is 12.9. The van der Waals surface area contributed by atoms with E-state index in [1.807, 2.05) is 70.5 Å². The van der Waals surface area contributed by atoms with E-state index < -0.39 is 35.4 Å². The fourth-order valence-electron chi connectivity index (χ4n) is 8.74. The first-order valence-corrected chi connectivity index (χ1v) is 14.9. The molecule has 42 heavy (non-hydrogen) atoms. The fourth-order valence-corrected chi connectivity index (χ4v) is 8.74.